The molecule has 55 valence electrons. The standard InChI is InChI=1S/C10H10N/c1-8-6-7-9-4-2-3-5-10(9)11-8/h2-5,8,11H,6-7H2. The van der Waals surface area contributed by atoms with Gasteiger partial charge in [0.2, 0.25) is 0 Å². The Balaban J connectivity index is 2.34. The molecule has 0 aliphatic carbocycles. The van der Waals surface area contributed by atoms with Crippen molar-refractivity contribution in [3.05, 3.63) is 36.8 Å². The molecule has 1 N–H and O–H groups in total. The molecule has 1 heterocycles. The molecule has 0 fully saturated rings. The summed E-state index contributed by atoms with van der Waals surface area (Å²) in [4.78, 5) is 0. The number of aryl methyl sites for hydroxylation is 1. The molecule has 11 heavy (non-hydrogen) atoms. The van der Waals surface area contributed by atoms with Gasteiger partial charge < -0.3 is 5.32 Å². The molecule has 0 spiro atoms. The van der Waals surface area contributed by atoms with Crippen molar-refractivity contribution in [2.24, 2.45) is 0 Å². The highest BCUT2D eigenvalue weighted by Crippen LogP contribution is 2.23. The Morgan fingerprint density at radius 3 is 3.09 bits per heavy atom. The van der Waals surface area contributed by atoms with Crippen molar-refractivity contribution >= 4 is 5.69 Å². The van der Waals surface area contributed by atoms with Crippen LogP contribution in [0.1, 0.15) is 12.0 Å². The average molecular weight is 144 g/mol. The fraction of sp³-hybridized carbons (Fsp3) is 0.300. The first-order chi connectivity index (χ1) is 5.36. The normalized spacial score (nSPS) is 22.1. The summed E-state index contributed by atoms with van der Waals surface area (Å²) in [6.07, 6.45) is 1.97. The molecule has 1 unspecified atom stereocenters. The number of anilines is 1. The Labute approximate surface area is 67.4 Å². The maximum atomic E-state index is 7.49. The van der Waals surface area contributed by atoms with E-state index in [-0.39, 0.29) is 6.04 Å². The minimum atomic E-state index is -0.107. The topological polar surface area (TPSA) is 12.0 Å². The minimum absolute atomic E-state index is 0.107. The number of rotatable bonds is 0. The van der Waals surface area contributed by atoms with Gasteiger partial charge in [-0.3, -0.25) is 0 Å². The molecule has 1 aliphatic rings. The Morgan fingerprint density at radius 2 is 2.18 bits per heavy atom. The molecule has 2 rings (SSSR count). The number of hydrogen-bond donors (Lipinski definition) is 1. The monoisotopic (exact) mass is 144 g/mol. The summed E-state index contributed by atoms with van der Waals surface area (Å²) in [5.41, 5.74) is 2.48. The number of fused-ring (bicyclic) bond motifs is 1. The van der Waals surface area contributed by atoms with Crippen molar-refractivity contribution in [3.63, 3.8) is 0 Å². The van der Waals surface area contributed by atoms with Gasteiger partial charge in [-0.2, -0.15) is 0 Å². The first-order valence-corrected chi connectivity index (χ1v) is 3.92. The summed E-state index contributed by atoms with van der Waals surface area (Å²) < 4.78 is 0. The lowest BCUT2D eigenvalue weighted by molar-refractivity contribution is 0.728. The first-order valence-electron chi connectivity index (χ1n) is 3.92. The van der Waals surface area contributed by atoms with Gasteiger partial charge in [-0.25, -0.2) is 0 Å². The van der Waals surface area contributed by atoms with Gasteiger partial charge in [-0.15, -0.1) is 0 Å². The highest BCUT2D eigenvalue weighted by Gasteiger charge is 2.12. The minimum Gasteiger partial charge on any atom is -0.381 e. The molecule has 0 saturated carbocycles. The Bertz CT molecular complexity index is 255. The lowest BCUT2D eigenvalue weighted by Gasteiger charge is -2.23. The van der Waals surface area contributed by atoms with Crippen LogP contribution in [0.25, 0.3) is 0 Å². The Hall–Kier alpha value is -0.980. The van der Waals surface area contributed by atoms with E-state index in [4.69, 9.17) is 6.92 Å². The third-order valence-corrected chi connectivity index (χ3v) is 2.05. The van der Waals surface area contributed by atoms with Crippen LogP contribution in [0.2, 0.25) is 0 Å². The van der Waals surface area contributed by atoms with Crippen LogP contribution >= 0.6 is 0 Å². The van der Waals surface area contributed by atoms with E-state index >= 15 is 0 Å². The van der Waals surface area contributed by atoms with Crippen molar-refractivity contribution in [1.29, 1.82) is 0 Å². The third-order valence-electron chi connectivity index (χ3n) is 2.05. The second kappa shape index (κ2) is 2.57. The van der Waals surface area contributed by atoms with Crippen LogP contribution in [-0.2, 0) is 6.42 Å². The van der Waals surface area contributed by atoms with Crippen molar-refractivity contribution in [1.82, 2.24) is 0 Å². The summed E-state index contributed by atoms with van der Waals surface area (Å²) in [6.45, 7) is 7.49. The molecule has 1 atom stereocenters. The largest absolute Gasteiger partial charge is 0.381 e. The predicted molar refractivity (Wildman–Crippen MR) is 45.4 cm³/mol. The number of benzene rings is 1. The number of nitrogens with one attached hydrogen (secondary N) is 1. The van der Waals surface area contributed by atoms with E-state index in [1.54, 1.807) is 0 Å². The Kier molecular flexibility index (Phi) is 1.57. The molecule has 1 aliphatic heterocycles. The fourth-order valence-corrected chi connectivity index (χ4v) is 1.44. The molecule has 0 saturated heterocycles. The predicted octanol–water partition coefficient (Wildman–Crippen LogP) is 2.00. The van der Waals surface area contributed by atoms with E-state index in [0.29, 0.717) is 0 Å². The van der Waals surface area contributed by atoms with E-state index < -0.39 is 0 Å². The van der Waals surface area contributed by atoms with E-state index in [1.807, 2.05) is 18.2 Å². The summed E-state index contributed by atoms with van der Waals surface area (Å²) >= 11 is 0. The van der Waals surface area contributed by atoms with Crippen molar-refractivity contribution in [2.75, 3.05) is 5.32 Å². The van der Waals surface area contributed by atoms with Crippen LogP contribution in [0.5, 0.6) is 0 Å². The molecule has 0 amide bonds. The van der Waals surface area contributed by atoms with Crippen molar-refractivity contribution in [3.8, 4) is 0 Å². The maximum absolute atomic E-state index is 7.49. The highest BCUT2D eigenvalue weighted by molar-refractivity contribution is 5.53. The van der Waals surface area contributed by atoms with Gasteiger partial charge in [0.15, 0.2) is 0 Å². The molecule has 1 heteroatoms. The van der Waals surface area contributed by atoms with Gasteiger partial charge in [0, 0.05) is 18.7 Å². The van der Waals surface area contributed by atoms with Crippen LogP contribution in [0.3, 0.4) is 0 Å². The highest BCUT2D eigenvalue weighted by atomic mass is 14.9. The van der Waals surface area contributed by atoms with Gasteiger partial charge in [0.25, 0.3) is 0 Å². The zero-order valence-electron chi connectivity index (χ0n) is 6.30. The molecule has 1 aromatic rings. The molecule has 0 bridgehead atoms. The van der Waals surface area contributed by atoms with Gasteiger partial charge in [0.05, 0.1) is 0 Å². The molecule has 1 nitrogen and oxygen atoms in total. The second-order valence-electron chi connectivity index (χ2n) is 2.89. The van der Waals surface area contributed by atoms with Crippen molar-refractivity contribution < 1.29 is 0 Å². The van der Waals surface area contributed by atoms with E-state index in [1.165, 1.54) is 5.56 Å². The first kappa shape index (κ1) is 6.71. The molecule has 1 aromatic carbocycles. The van der Waals surface area contributed by atoms with E-state index in [0.717, 1.165) is 18.5 Å². The van der Waals surface area contributed by atoms with Crippen molar-refractivity contribution in [2.45, 2.75) is 18.9 Å². The summed E-state index contributed by atoms with van der Waals surface area (Å²) in [6, 6.07) is 8.10. The summed E-state index contributed by atoms with van der Waals surface area (Å²) in [5.74, 6) is 0. The van der Waals surface area contributed by atoms with Gasteiger partial charge in [-0.05, 0) is 24.5 Å². The van der Waals surface area contributed by atoms with Crippen LogP contribution in [0, 0.1) is 6.92 Å². The van der Waals surface area contributed by atoms with Crippen LogP contribution in [0.15, 0.2) is 24.3 Å². The van der Waals surface area contributed by atoms with Crippen LogP contribution < -0.4 is 5.32 Å². The van der Waals surface area contributed by atoms with Gasteiger partial charge in [0.1, 0.15) is 0 Å². The van der Waals surface area contributed by atoms with Crippen LogP contribution in [0.4, 0.5) is 5.69 Å². The molecule has 0 aromatic heterocycles. The maximum Gasteiger partial charge on any atom is 0.0375 e. The molecule has 3 radical (unpaired) electrons. The van der Waals surface area contributed by atoms with Crippen LogP contribution in [-0.4, -0.2) is 6.04 Å². The molecular weight excluding hydrogens is 134 g/mol. The second-order valence-corrected chi connectivity index (χ2v) is 2.89. The average Bonchev–Trinajstić information content (AvgIpc) is 2.04. The number of para-hydroxylation sites is 1. The third kappa shape index (κ3) is 1.23. The number of hydrogen-bond acceptors (Lipinski definition) is 1. The van der Waals surface area contributed by atoms with Gasteiger partial charge in [-0.1, -0.05) is 18.2 Å². The Morgan fingerprint density at radius 1 is 1.36 bits per heavy atom. The fourth-order valence-electron chi connectivity index (χ4n) is 1.44. The SMILES string of the molecule is [C]C1CCc2ccccc2N1. The lowest BCUT2D eigenvalue weighted by Crippen LogP contribution is -2.21. The summed E-state index contributed by atoms with van der Waals surface area (Å²) in [5, 5.41) is 3.13. The lowest BCUT2D eigenvalue weighted by atomic mass is 9.99. The van der Waals surface area contributed by atoms with E-state index in [9.17, 15) is 0 Å². The summed E-state index contributed by atoms with van der Waals surface area (Å²) in [7, 11) is 0. The molecular formula is C10H10N. The van der Waals surface area contributed by atoms with E-state index in [2.05, 4.69) is 11.4 Å². The van der Waals surface area contributed by atoms with Gasteiger partial charge >= 0.3 is 0 Å². The smallest absolute Gasteiger partial charge is 0.0375 e. The quantitative estimate of drug-likeness (QED) is 0.587. The zero-order valence-corrected chi connectivity index (χ0v) is 6.30. The zero-order chi connectivity index (χ0) is 7.68.